The Hall–Kier alpha value is -1.60. The number of rotatable bonds is 5. The number of nitrogens with zero attached hydrogens (tertiary/aromatic N) is 3. The van der Waals surface area contributed by atoms with Gasteiger partial charge in [-0.05, 0) is 25.0 Å². The molecule has 0 spiro atoms. The minimum atomic E-state index is -0.246. The smallest absolute Gasteiger partial charge is 0.278 e. The lowest BCUT2D eigenvalue weighted by Crippen LogP contribution is -2.49. The summed E-state index contributed by atoms with van der Waals surface area (Å²) in [5.41, 5.74) is 1.41. The van der Waals surface area contributed by atoms with Gasteiger partial charge < -0.3 is 10.0 Å². The molecule has 6 nitrogen and oxygen atoms in total. The lowest BCUT2D eigenvalue weighted by atomic mass is 9.94. The van der Waals surface area contributed by atoms with Gasteiger partial charge in [0.2, 0.25) is 0 Å². The Morgan fingerprint density at radius 1 is 0.967 bits per heavy atom. The van der Waals surface area contributed by atoms with E-state index < -0.39 is 0 Å². The molecule has 3 aliphatic rings. The third kappa shape index (κ3) is 4.11. The zero-order valence-electron chi connectivity index (χ0n) is 16.9. The van der Waals surface area contributed by atoms with Crippen molar-refractivity contribution in [1.29, 1.82) is 0 Å². The third-order valence-electron chi connectivity index (χ3n) is 6.34. The van der Waals surface area contributed by atoms with Crippen LogP contribution < -0.4 is 0 Å². The van der Waals surface area contributed by atoms with E-state index in [0.29, 0.717) is 46.5 Å². The van der Waals surface area contributed by atoms with Crippen molar-refractivity contribution in [2.24, 2.45) is 0 Å². The van der Waals surface area contributed by atoms with Crippen LogP contribution in [0.15, 0.2) is 23.9 Å². The van der Waals surface area contributed by atoms with Crippen molar-refractivity contribution in [1.82, 2.24) is 14.7 Å². The van der Waals surface area contributed by atoms with Gasteiger partial charge in [0.1, 0.15) is 5.70 Å². The van der Waals surface area contributed by atoms with Gasteiger partial charge in [0.05, 0.1) is 17.2 Å². The Bertz CT molecular complexity index is 859. The number of piperazine rings is 1. The summed E-state index contributed by atoms with van der Waals surface area (Å²) in [6, 6.07) is 5.00. The molecule has 0 unspecified atom stereocenters. The molecule has 1 aliphatic carbocycles. The van der Waals surface area contributed by atoms with Crippen molar-refractivity contribution in [3.8, 4) is 0 Å². The molecule has 0 atom stereocenters. The van der Waals surface area contributed by atoms with E-state index in [1.807, 2.05) is 4.90 Å². The van der Waals surface area contributed by atoms with Crippen LogP contribution in [0.4, 0.5) is 0 Å². The molecular formula is C22H27Cl2N3O3. The van der Waals surface area contributed by atoms with Crippen molar-refractivity contribution in [3.63, 3.8) is 0 Å². The van der Waals surface area contributed by atoms with Crippen molar-refractivity contribution in [3.05, 3.63) is 39.5 Å². The molecule has 1 aromatic rings. The predicted octanol–water partition coefficient (Wildman–Crippen LogP) is 3.02. The first kappa shape index (κ1) is 21.6. The van der Waals surface area contributed by atoms with Gasteiger partial charge in [-0.3, -0.25) is 19.4 Å². The van der Waals surface area contributed by atoms with E-state index in [1.54, 1.807) is 18.2 Å². The second kappa shape index (κ2) is 9.27. The van der Waals surface area contributed by atoms with Gasteiger partial charge in [-0.15, -0.1) is 0 Å². The summed E-state index contributed by atoms with van der Waals surface area (Å²) < 4.78 is 0. The standard InChI is InChI=1S/C22H27Cl2N3O3/c23-15-6-7-17(18(24)14-15)19-20(26-10-8-25(9-11-26)12-13-28)22(30)27(21(19)29)16-4-2-1-3-5-16/h6-7,14,16,28H,1-5,8-13H2. The molecule has 162 valence electrons. The van der Waals surface area contributed by atoms with Crippen LogP contribution in [-0.2, 0) is 9.59 Å². The number of carbonyl (C=O) groups excluding carboxylic acids is 2. The molecule has 8 heteroatoms. The van der Waals surface area contributed by atoms with Gasteiger partial charge in [0.25, 0.3) is 11.8 Å². The second-order valence-electron chi connectivity index (χ2n) is 8.17. The lowest BCUT2D eigenvalue weighted by Gasteiger charge is -2.36. The topological polar surface area (TPSA) is 64.1 Å². The summed E-state index contributed by atoms with van der Waals surface area (Å²) in [4.78, 5) is 32.8. The van der Waals surface area contributed by atoms with Crippen LogP contribution in [0.5, 0.6) is 0 Å². The highest BCUT2D eigenvalue weighted by Gasteiger charge is 2.45. The molecule has 1 N–H and O–H groups in total. The Morgan fingerprint density at radius 2 is 1.67 bits per heavy atom. The van der Waals surface area contributed by atoms with Crippen molar-refractivity contribution >= 4 is 40.6 Å². The maximum absolute atomic E-state index is 13.6. The minimum Gasteiger partial charge on any atom is -0.395 e. The quantitative estimate of drug-likeness (QED) is 0.696. The molecule has 2 aliphatic heterocycles. The number of carbonyl (C=O) groups is 2. The van der Waals surface area contributed by atoms with E-state index in [0.717, 1.165) is 45.2 Å². The number of benzene rings is 1. The SMILES string of the molecule is O=C1C(c2ccc(Cl)cc2Cl)=C(N2CCN(CCO)CC2)C(=O)N1C1CCCCC1. The number of imide groups is 1. The first-order chi connectivity index (χ1) is 14.5. The number of aliphatic hydroxyl groups excluding tert-OH is 1. The van der Waals surface area contributed by atoms with E-state index >= 15 is 0 Å². The van der Waals surface area contributed by atoms with Gasteiger partial charge in [-0.1, -0.05) is 48.5 Å². The second-order valence-corrected chi connectivity index (χ2v) is 9.02. The van der Waals surface area contributed by atoms with Crippen molar-refractivity contribution < 1.29 is 14.7 Å². The summed E-state index contributed by atoms with van der Waals surface area (Å²) >= 11 is 12.5. The Labute approximate surface area is 187 Å². The zero-order valence-corrected chi connectivity index (χ0v) is 18.5. The molecule has 2 amide bonds. The van der Waals surface area contributed by atoms with Crippen LogP contribution in [0.25, 0.3) is 5.57 Å². The molecule has 0 aromatic heterocycles. The summed E-state index contributed by atoms with van der Waals surface area (Å²) in [7, 11) is 0. The van der Waals surface area contributed by atoms with Gasteiger partial charge in [-0.2, -0.15) is 0 Å². The minimum absolute atomic E-state index is 0.0481. The summed E-state index contributed by atoms with van der Waals surface area (Å²) in [5, 5.41) is 10.1. The Morgan fingerprint density at radius 3 is 2.30 bits per heavy atom. The summed E-state index contributed by atoms with van der Waals surface area (Å²) in [5.74, 6) is -0.451. The normalized spacial score (nSPS) is 21.8. The highest BCUT2D eigenvalue weighted by Crippen LogP contribution is 2.39. The largest absolute Gasteiger partial charge is 0.395 e. The first-order valence-corrected chi connectivity index (χ1v) is 11.4. The van der Waals surface area contributed by atoms with Crippen molar-refractivity contribution in [2.75, 3.05) is 39.3 Å². The summed E-state index contributed by atoms with van der Waals surface area (Å²) in [6.07, 6.45) is 4.94. The van der Waals surface area contributed by atoms with Crippen LogP contribution in [0, 0.1) is 0 Å². The van der Waals surface area contributed by atoms with Gasteiger partial charge >= 0.3 is 0 Å². The van der Waals surface area contributed by atoms with Gasteiger partial charge in [0.15, 0.2) is 0 Å². The molecule has 1 saturated heterocycles. The van der Waals surface area contributed by atoms with Crippen LogP contribution >= 0.6 is 23.2 Å². The molecule has 0 radical (unpaired) electrons. The fourth-order valence-electron chi connectivity index (χ4n) is 4.77. The van der Waals surface area contributed by atoms with Crippen LogP contribution in [0.3, 0.4) is 0 Å². The molecule has 2 heterocycles. The molecule has 2 fully saturated rings. The number of halogens is 2. The van der Waals surface area contributed by atoms with E-state index in [4.69, 9.17) is 23.2 Å². The fourth-order valence-corrected chi connectivity index (χ4v) is 5.27. The molecule has 4 rings (SSSR count). The maximum Gasteiger partial charge on any atom is 0.278 e. The Kier molecular flexibility index (Phi) is 6.68. The van der Waals surface area contributed by atoms with Crippen LogP contribution in [0.2, 0.25) is 10.0 Å². The highest BCUT2D eigenvalue weighted by atomic mass is 35.5. The number of β-amino-alcohol motifs (C(OH)–C–C–N with tert-alkyl or cyclic N) is 1. The molecular weight excluding hydrogens is 425 g/mol. The maximum atomic E-state index is 13.6. The van der Waals surface area contributed by atoms with Crippen molar-refractivity contribution in [2.45, 2.75) is 38.1 Å². The average Bonchev–Trinajstić information content (AvgIpc) is 3.00. The zero-order chi connectivity index (χ0) is 21.3. The average molecular weight is 452 g/mol. The number of hydrogen-bond donors (Lipinski definition) is 1. The predicted molar refractivity (Wildman–Crippen MR) is 117 cm³/mol. The summed E-state index contributed by atoms with van der Waals surface area (Å²) in [6.45, 7) is 3.45. The third-order valence-corrected chi connectivity index (χ3v) is 6.88. The molecule has 1 aromatic carbocycles. The highest BCUT2D eigenvalue weighted by molar-refractivity contribution is 6.41. The molecule has 0 bridgehead atoms. The molecule has 30 heavy (non-hydrogen) atoms. The van der Waals surface area contributed by atoms with E-state index in [-0.39, 0.29) is 24.5 Å². The fraction of sp³-hybridized carbons (Fsp3) is 0.545. The number of hydrogen-bond acceptors (Lipinski definition) is 5. The number of aliphatic hydroxyl groups is 1. The lowest BCUT2D eigenvalue weighted by molar-refractivity contribution is -0.141. The van der Waals surface area contributed by atoms with Gasteiger partial charge in [-0.25, -0.2) is 0 Å². The van der Waals surface area contributed by atoms with Crippen LogP contribution in [-0.4, -0.2) is 77.0 Å². The van der Waals surface area contributed by atoms with E-state index in [1.165, 1.54) is 4.90 Å². The van der Waals surface area contributed by atoms with E-state index in [9.17, 15) is 14.7 Å². The number of amides is 2. The van der Waals surface area contributed by atoms with E-state index in [2.05, 4.69) is 4.90 Å². The molecule has 1 saturated carbocycles. The van der Waals surface area contributed by atoms with Gasteiger partial charge in [0, 0.05) is 49.4 Å². The Balaban J connectivity index is 1.71. The van der Waals surface area contributed by atoms with Crippen LogP contribution in [0.1, 0.15) is 37.7 Å². The first-order valence-electron chi connectivity index (χ1n) is 10.7. The monoisotopic (exact) mass is 451 g/mol.